The van der Waals surface area contributed by atoms with E-state index in [0.717, 1.165) is 15.1 Å². The fourth-order valence-electron chi connectivity index (χ4n) is 2.76. The van der Waals surface area contributed by atoms with Crippen molar-refractivity contribution in [2.45, 2.75) is 26.3 Å². The monoisotopic (exact) mass is 361 g/mol. The molecule has 0 atom stereocenters. The Labute approximate surface area is 138 Å². The highest BCUT2D eigenvalue weighted by molar-refractivity contribution is 9.10. The molecule has 0 saturated heterocycles. The molecule has 0 bridgehead atoms. The van der Waals surface area contributed by atoms with Gasteiger partial charge in [-0.3, -0.25) is 0 Å². The molecule has 2 aromatic carbocycles. The molecule has 0 radical (unpaired) electrons. The Morgan fingerprint density at radius 3 is 2.43 bits per heavy atom. The quantitative estimate of drug-likeness (QED) is 0.467. The van der Waals surface area contributed by atoms with E-state index in [1.807, 2.05) is 18.2 Å². The van der Waals surface area contributed by atoms with E-state index >= 15 is 0 Å². The number of nitrogens with zero attached hydrogens (tertiary/aromatic N) is 1. The lowest BCUT2D eigenvalue weighted by molar-refractivity contribution is 0.415. The van der Waals surface area contributed by atoms with Gasteiger partial charge in [-0.25, -0.2) is 0 Å². The van der Waals surface area contributed by atoms with Gasteiger partial charge in [-0.1, -0.05) is 45.7 Å². The maximum absolute atomic E-state index is 6.17. The topological polar surface area (TPSA) is 4.93 Å². The van der Waals surface area contributed by atoms with Crippen LogP contribution in [0.5, 0.6) is 0 Å². The van der Waals surface area contributed by atoms with Crippen molar-refractivity contribution in [1.82, 2.24) is 4.57 Å². The molecule has 0 aliphatic carbocycles. The van der Waals surface area contributed by atoms with E-state index in [9.17, 15) is 0 Å². The van der Waals surface area contributed by atoms with Crippen LogP contribution in [0.25, 0.3) is 22.2 Å². The number of hydrogen-bond acceptors (Lipinski definition) is 0. The van der Waals surface area contributed by atoms with Crippen molar-refractivity contribution >= 4 is 38.4 Å². The molecule has 0 N–H and O–H groups in total. The molecule has 3 rings (SSSR count). The van der Waals surface area contributed by atoms with E-state index in [2.05, 4.69) is 71.6 Å². The molecule has 21 heavy (non-hydrogen) atoms. The zero-order valence-corrected chi connectivity index (χ0v) is 14.7. The summed E-state index contributed by atoms with van der Waals surface area (Å²) in [5.74, 6) is 0. The smallest absolute Gasteiger partial charge is 0.0501 e. The molecule has 0 spiro atoms. The minimum absolute atomic E-state index is 0.0137. The summed E-state index contributed by atoms with van der Waals surface area (Å²) < 4.78 is 3.47. The zero-order chi connectivity index (χ0) is 15.2. The van der Waals surface area contributed by atoms with E-state index in [4.69, 9.17) is 11.6 Å². The Kier molecular flexibility index (Phi) is 3.62. The van der Waals surface area contributed by atoms with Crippen LogP contribution in [0.1, 0.15) is 20.8 Å². The van der Waals surface area contributed by atoms with Crippen LogP contribution in [0.15, 0.2) is 53.0 Å². The van der Waals surface area contributed by atoms with E-state index in [0.29, 0.717) is 0 Å². The molecular weight excluding hydrogens is 346 g/mol. The second-order valence-corrected chi connectivity index (χ2v) is 7.60. The Balaban J connectivity index is 2.37. The molecule has 0 aliphatic heterocycles. The summed E-state index contributed by atoms with van der Waals surface area (Å²) in [6.07, 6.45) is 0. The summed E-state index contributed by atoms with van der Waals surface area (Å²) in [5.41, 5.74) is 3.55. The van der Waals surface area contributed by atoms with Crippen LogP contribution >= 0.6 is 27.5 Å². The van der Waals surface area contributed by atoms with Crippen molar-refractivity contribution in [3.05, 3.63) is 58.0 Å². The van der Waals surface area contributed by atoms with Crippen LogP contribution in [0, 0.1) is 0 Å². The van der Waals surface area contributed by atoms with E-state index in [-0.39, 0.29) is 5.54 Å². The number of aromatic nitrogens is 1. The van der Waals surface area contributed by atoms with Crippen LogP contribution in [0.2, 0.25) is 5.02 Å². The third kappa shape index (κ3) is 2.75. The van der Waals surface area contributed by atoms with Crippen LogP contribution in [-0.2, 0) is 5.54 Å². The predicted octanol–water partition coefficient (Wildman–Crippen LogP) is 6.48. The van der Waals surface area contributed by atoms with E-state index < -0.39 is 0 Å². The highest BCUT2D eigenvalue weighted by atomic mass is 79.9. The summed E-state index contributed by atoms with van der Waals surface area (Å²) >= 11 is 9.74. The maximum atomic E-state index is 6.17. The minimum atomic E-state index is -0.0137. The molecular formula is C18H17BrClN. The first-order valence-electron chi connectivity index (χ1n) is 6.94. The SMILES string of the molecule is CC(C)(C)n1c(-c2cccc(Cl)c2)cc2ccc(Br)cc21. The maximum Gasteiger partial charge on any atom is 0.0501 e. The molecule has 0 fully saturated rings. The van der Waals surface area contributed by atoms with Gasteiger partial charge in [0, 0.05) is 26.1 Å². The molecule has 108 valence electrons. The standard InChI is InChI=1S/C18H17BrClN/c1-18(2,3)21-16(12-5-4-6-15(20)9-12)10-13-7-8-14(19)11-17(13)21/h4-11H,1-3H3. The third-order valence-corrected chi connectivity index (χ3v) is 4.29. The summed E-state index contributed by atoms with van der Waals surface area (Å²) in [7, 11) is 0. The molecule has 1 nitrogen and oxygen atoms in total. The number of fused-ring (bicyclic) bond motifs is 1. The lowest BCUT2D eigenvalue weighted by Gasteiger charge is -2.26. The van der Waals surface area contributed by atoms with Crippen molar-refractivity contribution < 1.29 is 0 Å². The molecule has 3 aromatic rings. The fraction of sp³-hybridized carbons (Fsp3) is 0.222. The normalized spacial score (nSPS) is 12.0. The third-order valence-electron chi connectivity index (χ3n) is 3.56. The van der Waals surface area contributed by atoms with Gasteiger partial charge in [0.1, 0.15) is 0 Å². The molecule has 0 unspecified atom stereocenters. The van der Waals surface area contributed by atoms with Gasteiger partial charge in [-0.2, -0.15) is 0 Å². The Morgan fingerprint density at radius 2 is 1.76 bits per heavy atom. The minimum Gasteiger partial charge on any atom is -0.335 e. The second kappa shape index (κ2) is 5.19. The Bertz CT molecular complexity index is 812. The first kappa shape index (κ1) is 14.7. The van der Waals surface area contributed by atoms with Gasteiger partial charge < -0.3 is 4.57 Å². The summed E-state index contributed by atoms with van der Waals surface area (Å²) in [6, 6.07) is 16.7. The van der Waals surface area contributed by atoms with Gasteiger partial charge in [0.15, 0.2) is 0 Å². The Hall–Kier alpha value is -1.25. The van der Waals surface area contributed by atoms with E-state index in [1.54, 1.807) is 0 Å². The molecule has 0 aliphatic rings. The van der Waals surface area contributed by atoms with Gasteiger partial charge in [-0.15, -0.1) is 0 Å². The fourth-order valence-corrected chi connectivity index (χ4v) is 3.30. The summed E-state index contributed by atoms with van der Waals surface area (Å²) in [6.45, 7) is 6.67. The highest BCUT2D eigenvalue weighted by Crippen LogP contribution is 2.35. The molecule has 0 saturated carbocycles. The number of hydrogen-bond donors (Lipinski definition) is 0. The predicted molar refractivity (Wildman–Crippen MR) is 95.1 cm³/mol. The van der Waals surface area contributed by atoms with E-state index in [1.165, 1.54) is 16.6 Å². The van der Waals surface area contributed by atoms with Crippen molar-refractivity contribution in [3.63, 3.8) is 0 Å². The molecule has 3 heteroatoms. The molecule has 0 amide bonds. The Morgan fingerprint density at radius 1 is 1.00 bits per heavy atom. The van der Waals surface area contributed by atoms with Crippen molar-refractivity contribution in [1.29, 1.82) is 0 Å². The largest absolute Gasteiger partial charge is 0.335 e. The average Bonchev–Trinajstić information content (AvgIpc) is 2.77. The van der Waals surface area contributed by atoms with Gasteiger partial charge in [0.2, 0.25) is 0 Å². The van der Waals surface area contributed by atoms with Crippen LogP contribution in [0.3, 0.4) is 0 Å². The van der Waals surface area contributed by atoms with Gasteiger partial charge in [-0.05, 0) is 56.7 Å². The summed E-state index contributed by atoms with van der Waals surface area (Å²) in [4.78, 5) is 0. The summed E-state index contributed by atoms with van der Waals surface area (Å²) in [5, 5.41) is 2.00. The molecule has 1 aromatic heterocycles. The number of halogens is 2. The lowest BCUT2D eigenvalue weighted by atomic mass is 10.1. The van der Waals surface area contributed by atoms with Crippen LogP contribution < -0.4 is 0 Å². The average molecular weight is 363 g/mol. The van der Waals surface area contributed by atoms with Crippen molar-refractivity contribution in [2.75, 3.05) is 0 Å². The first-order valence-corrected chi connectivity index (χ1v) is 8.11. The van der Waals surface area contributed by atoms with Gasteiger partial charge in [0.05, 0.1) is 5.52 Å². The van der Waals surface area contributed by atoms with Crippen molar-refractivity contribution in [3.8, 4) is 11.3 Å². The van der Waals surface area contributed by atoms with Crippen molar-refractivity contribution in [2.24, 2.45) is 0 Å². The highest BCUT2D eigenvalue weighted by Gasteiger charge is 2.21. The van der Waals surface area contributed by atoms with Gasteiger partial charge >= 0.3 is 0 Å². The first-order chi connectivity index (χ1) is 9.86. The molecule has 1 heterocycles. The van der Waals surface area contributed by atoms with Gasteiger partial charge in [0.25, 0.3) is 0 Å². The lowest BCUT2D eigenvalue weighted by Crippen LogP contribution is -2.22. The number of benzene rings is 2. The number of rotatable bonds is 1. The second-order valence-electron chi connectivity index (χ2n) is 6.25. The zero-order valence-electron chi connectivity index (χ0n) is 12.3. The van der Waals surface area contributed by atoms with Crippen LogP contribution in [0.4, 0.5) is 0 Å². The van der Waals surface area contributed by atoms with Crippen LogP contribution in [-0.4, -0.2) is 4.57 Å².